The molecule has 60 valence electrons. The fraction of sp³-hybridized carbons (Fsp3) is 0.857. The number of esters is 1. The maximum absolute atomic E-state index is 10.8. The molecule has 0 saturated heterocycles. The average Bonchev–Trinajstić information content (AvgIpc) is 1.85. The SMILES string of the molecule is COC(=O)[C@H](Br)CC(C)C. The standard InChI is InChI=1S/C7H13BrO2/c1-5(2)4-6(8)7(9)10-3/h5-6H,4H2,1-3H3/t6-/m1/s1. The zero-order chi connectivity index (χ0) is 8.15. The second-order valence-electron chi connectivity index (χ2n) is 2.62. The summed E-state index contributed by atoms with van der Waals surface area (Å²) in [6, 6.07) is 0. The number of methoxy groups -OCH3 is 1. The molecule has 0 aliphatic heterocycles. The van der Waals surface area contributed by atoms with Crippen LogP contribution in [0.15, 0.2) is 0 Å². The average molecular weight is 209 g/mol. The largest absolute Gasteiger partial charge is 0.468 e. The van der Waals surface area contributed by atoms with Gasteiger partial charge in [-0.3, -0.25) is 4.79 Å². The number of rotatable bonds is 3. The first-order chi connectivity index (χ1) is 4.57. The summed E-state index contributed by atoms with van der Waals surface area (Å²) in [7, 11) is 1.40. The third kappa shape index (κ3) is 3.88. The minimum atomic E-state index is -0.186. The number of halogens is 1. The zero-order valence-electron chi connectivity index (χ0n) is 6.56. The van der Waals surface area contributed by atoms with Crippen LogP contribution in [0.5, 0.6) is 0 Å². The molecule has 0 aliphatic rings. The van der Waals surface area contributed by atoms with Gasteiger partial charge in [0.2, 0.25) is 0 Å². The van der Waals surface area contributed by atoms with Gasteiger partial charge in [0.05, 0.1) is 7.11 Å². The van der Waals surface area contributed by atoms with Crippen LogP contribution in [0.1, 0.15) is 20.3 Å². The molecule has 0 aromatic rings. The molecule has 3 heteroatoms. The quantitative estimate of drug-likeness (QED) is 0.524. The Morgan fingerprint density at radius 2 is 2.10 bits per heavy atom. The van der Waals surface area contributed by atoms with E-state index in [0.29, 0.717) is 5.92 Å². The first-order valence-electron chi connectivity index (χ1n) is 3.29. The van der Waals surface area contributed by atoms with Crippen LogP contribution in [-0.4, -0.2) is 17.9 Å². The molecule has 10 heavy (non-hydrogen) atoms. The third-order valence-corrected chi connectivity index (χ3v) is 1.88. The van der Waals surface area contributed by atoms with Crippen molar-refractivity contribution in [1.29, 1.82) is 0 Å². The molecule has 0 heterocycles. The summed E-state index contributed by atoms with van der Waals surface area (Å²) in [4.78, 5) is 10.6. The predicted octanol–water partition coefficient (Wildman–Crippen LogP) is 1.97. The van der Waals surface area contributed by atoms with E-state index in [1.165, 1.54) is 7.11 Å². The predicted molar refractivity (Wildman–Crippen MR) is 44.2 cm³/mol. The molecule has 0 aliphatic carbocycles. The molecule has 0 unspecified atom stereocenters. The Morgan fingerprint density at radius 1 is 1.60 bits per heavy atom. The zero-order valence-corrected chi connectivity index (χ0v) is 8.14. The third-order valence-electron chi connectivity index (χ3n) is 1.14. The Morgan fingerprint density at radius 3 is 2.40 bits per heavy atom. The minimum Gasteiger partial charge on any atom is -0.468 e. The van der Waals surface area contributed by atoms with Crippen molar-refractivity contribution in [2.45, 2.75) is 25.1 Å². The van der Waals surface area contributed by atoms with Gasteiger partial charge in [-0.25, -0.2) is 0 Å². The molecule has 0 aromatic carbocycles. The summed E-state index contributed by atoms with van der Waals surface area (Å²) in [5.74, 6) is 0.331. The molecule has 0 fully saturated rings. The van der Waals surface area contributed by atoms with E-state index in [-0.39, 0.29) is 10.8 Å². The van der Waals surface area contributed by atoms with Gasteiger partial charge in [0.25, 0.3) is 0 Å². The lowest BCUT2D eigenvalue weighted by molar-refractivity contribution is -0.140. The molecule has 2 nitrogen and oxygen atoms in total. The van der Waals surface area contributed by atoms with Crippen LogP contribution in [0.25, 0.3) is 0 Å². The number of carbonyl (C=O) groups is 1. The second kappa shape index (κ2) is 4.72. The van der Waals surface area contributed by atoms with Crippen LogP contribution in [0, 0.1) is 5.92 Å². The van der Waals surface area contributed by atoms with Crippen LogP contribution in [-0.2, 0) is 9.53 Å². The van der Waals surface area contributed by atoms with E-state index in [2.05, 4.69) is 34.5 Å². The topological polar surface area (TPSA) is 26.3 Å². The lowest BCUT2D eigenvalue weighted by atomic mass is 10.1. The van der Waals surface area contributed by atoms with Crippen molar-refractivity contribution < 1.29 is 9.53 Å². The molecule has 0 spiro atoms. The molecule has 0 saturated carbocycles. The van der Waals surface area contributed by atoms with E-state index in [1.54, 1.807) is 0 Å². The number of ether oxygens (including phenoxy) is 1. The lowest BCUT2D eigenvalue weighted by Gasteiger charge is -2.08. The maximum atomic E-state index is 10.8. The maximum Gasteiger partial charge on any atom is 0.319 e. The molecule has 0 N–H and O–H groups in total. The summed E-state index contributed by atoms with van der Waals surface area (Å²) in [6.07, 6.45) is 0.826. The highest BCUT2D eigenvalue weighted by Crippen LogP contribution is 2.13. The van der Waals surface area contributed by atoms with E-state index >= 15 is 0 Å². The normalized spacial score (nSPS) is 13.3. The highest BCUT2D eigenvalue weighted by molar-refractivity contribution is 9.10. The fourth-order valence-electron chi connectivity index (χ4n) is 0.638. The molecular formula is C7H13BrO2. The number of carbonyl (C=O) groups excluding carboxylic acids is 1. The lowest BCUT2D eigenvalue weighted by Crippen LogP contribution is -2.17. The molecule has 0 rings (SSSR count). The Labute approximate surface area is 70.1 Å². The minimum absolute atomic E-state index is 0.141. The molecule has 1 atom stereocenters. The summed E-state index contributed by atoms with van der Waals surface area (Å²) < 4.78 is 4.53. The van der Waals surface area contributed by atoms with Gasteiger partial charge in [-0.15, -0.1) is 0 Å². The second-order valence-corrected chi connectivity index (χ2v) is 3.73. The van der Waals surface area contributed by atoms with Gasteiger partial charge < -0.3 is 4.74 Å². The Hall–Kier alpha value is -0.0500. The molecule has 0 amide bonds. The number of hydrogen-bond acceptors (Lipinski definition) is 2. The smallest absolute Gasteiger partial charge is 0.319 e. The van der Waals surface area contributed by atoms with Crippen molar-refractivity contribution in [2.24, 2.45) is 5.92 Å². The van der Waals surface area contributed by atoms with E-state index in [1.807, 2.05) is 0 Å². The molecule has 0 bridgehead atoms. The van der Waals surface area contributed by atoms with Crippen LogP contribution in [0.4, 0.5) is 0 Å². The van der Waals surface area contributed by atoms with Gasteiger partial charge in [0, 0.05) is 0 Å². The van der Waals surface area contributed by atoms with E-state index in [4.69, 9.17) is 0 Å². The molecular weight excluding hydrogens is 196 g/mol. The summed E-state index contributed by atoms with van der Waals surface area (Å²) in [5, 5.41) is 0. The van der Waals surface area contributed by atoms with E-state index in [9.17, 15) is 4.79 Å². The first kappa shape index (κ1) is 9.95. The summed E-state index contributed by atoms with van der Waals surface area (Å²) in [5.41, 5.74) is 0. The Kier molecular flexibility index (Phi) is 4.69. The van der Waals surface area contributed by atoms with E-state index < -0.39 is 0 Å². The van der Waals surface area contributed by atoms with Crippen molar-refractivity contribution in [1.82, 2.24) is 0 Å². The highest BCUT2D eigenvalue weighted by Gasteiger charge is 2.15. The summed E-state index contributed by atoms with van der Waals surface area (Å²) >= 11 is 3.23. The van der Waals surface area contributed by atoms with Crippen LogP contribution >= 0.6 is 15.9 Å². The van der Waals surface area contributed by atoms with Gasteiger partial charge in [-0.2, -0.15) is 0 Å². The van der Waals surface area contributed by atoms with Crippen LogP contribution in [0.3, 0.4) is 0 Å². The molecule has 0 radical (unpaired) electrons. The Bertz CT molecular complexity index is 112. The van der Waals surface area contributed by atoms with Crippen LogP contribution < -0.4 is 0 Å². The van der Waals surface area contributed by atoms with Crippen molar-refractivity contribution in [3.05, 3.63) is 0 Å². The van der Waals surface area contributed by atoms with Crippen molar-refractivity contribution in [2.75, 3.05) is 7.11 Å². The van der Waals surface area contributed by atoms with Gasteiger partial charge >= 0.3 is 5.97 Å². The van der Waals surface area contributed by atoms with Crippen molar-refractivity contribution in [3.8, 4) is 0 Å². The van der Waals surface area contributed by atoms with Crippen molar-refractivity contribution >= 4 is 21.9 Å². The number of hydrogen-bond donors (Lipinski definition) is 0. The number of alkyl halides is 1. The van der Waals surface area contributed by atoms with Crippen molar-refractivity contribution in [3.63, 3.8) is 0 Å². The van der Waals surface area contributed by atoms with Gasteiger partial charge in [-0.1, -0.05) is 29.8 Å². The first-order valence-corrected chi connectivity index (χ1v) is 4.21. The highest BCUT2D eigenvalue weighted by atomic mass is 79.9. The van der Waals surface area contributed by atoms with Gasteiger partial charge in [0.1, 0.15) is 4.83 Å². The summed E-state index contributed by atoms with van der Waals surface area (Å²) in [6.45, 7) is 4.13. The van der Waals surface area contributed by atoms with Gasteiger partial charge in [0.15, 0.2) is 0 Å². The molecule has 0 aromatic heterocycles. The van der Waals surface area contributed by atoms with Crippen LogP contribution in [0.2, 0.25) is 0 Å². The monoisotopic (exact) mass is 208 g/mol. The Balaban J connectivity index is 3.61. The van der Waals surface area contributed by atoms with Gasteiger partial charge in [-0.05, 0) is 12.3 Å². The van der Waals surface area contributed by atoms with E-state index in [0.717, 1.165) is 6.42 Å². The fourth-order valence-corrected chi connectivity index (χ4v) is 1.57.